The first kappa shape index (κ1) is 29.1. The molecule has 2 atom stereocenters. The second kappa shape index (κ2) is 14.0. The van der Waals surface area contributed by atoms with Crippen molar-refractivity contribution in [3.8, 4) is 0 Å². The summed E-state index contributed by atoms with van der Waals surface area (Å²) in [6, 6.07) is 10.6. The van der Waals surface area contributed by atoms with Crippen LogP contribution < -0.4 is 16.6 Å². The summed E-state index contributed by atoms with van der Waals surface area (Å²) in [5.74, 6) is 0.712. The Morgan fingerprint density at radius 2 is 2.00 bits per heavy atom. The van der Waals surface area contributed by atoms with Crippen molar-refractivity contribution < 1.29 is 9.53 Å². The molecule has 2 aromatic heterocycles. The van der Waals surface area contributed by atoms with Gasteiger partial charge in [0.05, 0.1) is 12.9 Å². The van der Waals surface area contributed by atoms with E-state index in [1.165, 1.54) is 18.9 Å². The number of hydrogen-bond acceptors (Lipinski definition) is 8. The van der Waals surface area contributed by atoms with Gasteiger partial charge in [-0.1, -0.05) is 31.5 Å². The summed E-state index contributed by atoms with van der Waals surface area (Å²) in [5.41, 5.74) is -0.0125. The molecule has 10 nitrogen and oxygen atoms in total. The zero-order valence-electron chi connectivity index (χ0n) is 23.2. The molecule has 2 unspecified atom stereocenters. The van der Waals surface area contributed by atoms with Crippen LogP contribution in [-0.4, -0.2) is 73.6 Å². The van der Waals surface area contributed by atoms with Gasteiger partial charge in [-0.25, -0.2) is 9.78 Å². The topological polar surface area (TPSA) is 103 Å². The molecule has 1 aromatic carbocycles. The van der Waals surface area contributed by atoms with Gasteiger partial charge in [0.2, 0.25) is 0 Å². The van der Waals surface area contributed by atoms with E-state index in [4.69, 9.17) is 4.74 Å². The van der Waals surface area contributed by atoms with Crippen molar-refractivity contribution in [2.24, 2.45) is 7.05 Å². The number of ether oxygens (including phenoxy) is 1. The van der Waals surface area contributed by atoms with E-state index >= 15 is 0 Å². The fourth-order valence-electron chi connectivity index (χ4n) is 5.14. The van der Waals surface area contributed by atoms with Gasteiger partial charge in [0.15, 0.2) is 11.2 Å². The van der Waals surface area contributed by atoms with Crippen LogP contribution in [0.15, 0.2) is 51.1 Å². The van der Waals surface area contributed by atoms with E-state index in [1.54, 1.807) is 15.5 Å². The number of aryl methyl sites for hydroxylation is 1. The number of unbranched alkanes of at least 4 members (excludes halogenated alkanes) is 1. The summed E-state index contributed by atoms with van der Waals surface area (Å²) >= 11 is 1.88. The number of aromatic nitrogens is 4. The highest BCUT2D eigenvalue weighted by atomic mass is 32.2. The summed E-state index contributed by atoms with van der Waals surface area (Å²) in [6.07, 6.45) is 4.59. The van der Waals surface area contributed by atoms with Crippen LogP contribution in [0, 0.1) is 0 Å². The molecule has 1 N–H and O–H groups in total. The molecule has 0 amide bonds. The molecule has 0 saturated carbocycles. The van der Waals surface area contributed by atoms with Gasteiger partial charge in [-0.2, -0.15) is 0 Å². The number of hydrogen-bond donors (Lipinski definition) is 1. The number of esters is 1. The minimum Gasteiger partial charge on any atom is -0.461 e. The third kappa shape index (κ3) is 7.61. The SMILES string of the molecule is CCCCn1c(=O)n(C)c(=O)c2c1ncn2CC(CC1CN(CCCSc2ccccc2)CCN1)OC(C)=O. The van der Waals surface area contributed by atoms with Gasteiger partial charge in [-0.3, -0.25) is 18.7 Å². The minimum atomic E-state index is -0.438. The lowest BCUT2D eigenvalue weighted by Crippen LogP contribution is -2.52. The van der Waals surface area contributed by atoms with Crippen molar-refractivity contribution in [2.45, 2.75) is 69.7 Å². The molecule has 0 radical (unpaired) electrons. The number of nitrogens with zero attached hydrogens (tertiary/aromatic N) is 5. The highest BCUT2D eigenvalue weighted by molar-refractivity contribution is 7.99. The van der Waals surface area contributed by atoms with Crippen molar-refractivity contribution >= 4 is 28.9 Å². The summed E-state index contributed by atoms with van der Waals surface area (Å²) in [7, 11) is 1.49. The maximum Gasteiger partial charge on any atom is 0.332 e. The second-order valence-corrected chi connectivity index (χ2v) is 11.3. The van der Waals surface area contributed by atoms with E-state index in [-0.39, 0.29) is 17.7 Å². The standard InChI is InChI=1S/C28H40N6O4S/c1-4-5-14-34-26-25(27(36)31(3)28(34)37)33(20-30-26)19-23(38-21(2)35)17-22-18-32(15-12-29-22)13-9-16-39-24-10-7-6-8-11-24/h6-8,10-11,20,22-23,29H,4-5,9,12-19H2,1-3H3. The van der Waals surface area contributed by atoms with E-state index in [2.05, 4.69) is 46.4 Å². The quantitative estimate of drug-likeness (QED) is 0.195. The predicted molar refractivity (Wildman–Crippen MR) is 154 cm³/mol. The Morgan fingerprint density at radius 3 is 2.74 bits per heavy atom. The molecular formula is C28H40N6O4S. The van der Waals surface area contributed by atoms with E-state index in [9.17, 15) is 14.4 Å². The highest BCUT2D eigenvalue weighted by Crippen LogP contribution is 2.19. The molecule has 39 heavy (non-hydrogen) atoms. The van der Waals surface area contributed by atoms with E-state index in [0.717, 1.165) is 55.8 Å². The zero-order chi connectivity index (χ0) is 27.8. The molecule has 1 fully saturated rings. The van der Waals surface area contributed by atoms with Crippen molar-refractivity contribution in [1.29, 1.82) is 0 Å². The first-order chi connectivity index (χ1) is 18.9. The fraction of sp³-hybridized carbons (Fsp3) is 0.571. The number of benzene rings is 1. The molecule has 1 aliphatic heterocycles. The Balaban J connectivity index is 1.42. The van der Waals surface area contributed by atoms with Gasteiger partial charge < -0.3 is 19.5 Å². The average molecular weight is 557 g/mol. The summed E-state index contributed by atoms with van der Waals surface area (Å²) in [6.45, 7) is 8.01. The van der Waals surface area contributed by atoms with Crippen LogP contribution in [-0.2, 0) is 29.7 Å². The molecular weight excluding hydrogens is 516 g/mol. The zero-order valence-corrected chi connectivity index (χ0v) is 24.0. The van der Waals surface area contributed by atoms with Crippen LogP contribution in [0.3, 0.4) is 0 Å². The van der Waals surface area contributed by atoms with E-state index in [0.29, 0.717) is 30.7 Å². The van der Waals surface area contributed by atoms with Crippen LogP contribution in [0.25, 0.3) is 11.2 Å². The van der Waals surface area contributed by atoms with Gasteiger partial charge in [0.1, 0.15) is 6.10 Å². The first-order valence-corrected chi connectivity index (χ1v) is 14.8. The van der Waals surface area contributed by atoms with Crippen LogP contribution in [0.1, 0.15) is 39.5 Å². The molecule has 3 heterocycles. The molecule has 0 bridgehead atoms. The lowest BCUT2D eigenvalue weighted by molar-refractivity contribution is -0.147. The molecule has 0 spiro atoms. The lowest BCUT2D eigenvalue weighted by Gasteiger charge is -2.35. The van der Waals surface area contributed by atoms with Crippen molar-refractivity contribution in [2.75, 3.05) is 31.9 Å². The van der Waals surface area contributed by atoms with Gasteiger partial charge in [-0.05, 0) is 37.3 Å². The van der Waals surface area contributed by atoms with Crippen molar-refractivity contribution in [3.63, 3.8) is 0 Å². The largest absolute Gasteiger partial charge is 0.461 e. The highest BCUT2D eigenvalue weighted by Gasteiger charge is 2.26. The van der Waals surface area contributed by atoms with Crippen LogP contribution >= 0.6 is 11.8 Å². The Morgan fingerprint density at radius 1 is 1.21 bits per heavy atom. The van der Waals surface area contributed by atoms with Crippen LogP contribution in [0.4, 0.5) is 0 Å². The molecule has 212 valence electrons. The number of imidazole rings is 1. The second-order valence-electron chi connectivity index (χ2n) is 10.2. The molecule has 11 heteroatoms. The Kier molecular flexibility index (Phi) is 10.4. The number of nitrogens with one attached hydrogen (secondary N) is 1. The van der Waals surface area contributed by atoms with Crippen molar-refractivity contribution in [3.05, 3.63) is 57.5 Å². The summed E-state index contributed by atoms with van der Waals surface area (Å²) in [4.78, 5) is 46.0. The third-order valence-electron chi connectivity index (χ3n) is 7.09. The monoisotopic (exact) mass is 556 g/mol. The van der Waals surface area contributed by atoms with Crippen molar-refractivity contribution in [1.82, 2.24) is 28.9 Å². The van der Waals surface area contributed by atoms with Gasteiger partial charge in [0, 0.05) is 57.5 Å². The predicted octanol–water partition coefficient (Wildman–Crippen LogP) is 2.47. The molecule has 4 rings (SSSR count). The number of carbonyl (C=O) groups excluding carboxylic acids is 1. The average Bonchev–Trinajstić information content (AvgIpc) is 3.33. The molecule has 1 aliphatic rings. The van der Waals surface area contributed by atoms with E-state index in [1.807, 2.05) is 17.8 Å². The maximum atomic E-state index is 13.1. The maximum absolute atomic E-state index is 13.1. The summed E-state index contributed by atoms with van der Waals surface area (Å²) < 4.78 is 10.1. The normalized spacial score (nSPS) is 16.9. The Hall–Kier alpha value is -2.89. The van der Waals surface area contributed by atoms with Crippen LogP contribution in [0.2, 0.25) is 0 Å². The number of carbonyl (C=O) groups is 1. The van der Waals surface area contributed by atoms with Crippen LogP contribution in [0.5, 0.6) is 0 Å². The molecule has 3 aromatic rings. The smallest absolute Gasteiger partial charge is 0.332 e. The minimum absolute atomic E-state index is 0.158. The first-order valence-electron chi connectivity index (χ1n) is 13.8. The number of rotatable bonds is 13. The third-order valence-corrected chi connectivity index (χ3v) is 8.18. The van der Waals surface area contributed by atoms with Gasteiger partial charge in [0.25, 0.3) is 5.56 Å². The Bertz CT molecular complexity index is 1350. The summed E-state index contributed by atoms with van der Waals surface area (Å²) in [5, 5.41) is 3.57. The Labute approximate surface area is 233 Å². The molecule has 0 aliphatic carbocycles. The lowest BCUT2D eigenvalue weighted by atomic mass is 10.1. The fourth-order valence-corrected chi connectivity index (χ4v) is 6.00. The molecule has 1 saturated heterocycles. The number of fused-ring (bicyclic) bond motifs is 1. The number of thioether (sulfide) groups is 1. The number of piperazine rings is 1. The van der Waals surface area contributed by atoms with Gasteiger partial charge in [-0.15, -0.1) is 11.8 Å². The van der Waals surface area contributed by atoms with E-state index < -0.39 is 11.7 Å². The van der Waals surface area contributed by atoms with Gasteiger partial charge >= 0.3 is 11.7 Å².